The Kier molecular flexibility index (Phi) is 2.97. The second-order valence-electron chi connectivity index (χ2n) is 3.80. The molecule has 0 amide bonds. The van der Waals surface area contributed by atoms with Gasteiger partial charge in [0.25, 0.3) is 5.89 Å². The molecular formula is C13H7ClFN3O. The van der Waals surface area contributed by atoms with Crippen LogP contribution in [0.15, 0.2) is 47.1 Å². The summed E-state index contributed by atoms with van der Waals surface area (Å²) in [5.74, 6) is 0.282. The van der Waals surface area contributed by atoms with Gasteiger partial charge in [-0.25, -0.2) is 9.37 Å². The summed E-state index contributed by atoms with van der Waals surface area (Å²) in [4.78, 5) is 8.12. The van der Waals surface area contributed by atoms with E-state index >= 15 is 0 Å². The molecule has 0 aliphatic rings. The third kappa shape index (κ3) is 2.46. The highest BCUT2D eigenvalue weighted by atomic mass is 35.5. The first-order valence-electron chi connectivity index (χ1n) is 5.44. The van der Waals surface area contributed by atoms with Crippen LogP contribution < -0.4 is 0 Å². The van der Waals surface area contributed by atoms with E-state index in [2.05, 4.69) is 15.1 Å². The molecule has 0 bridgehead atoms. The Hall–Kier alpha value is -2.27. The van der Waals surface area contributed by atoms with Gasteiger partial charge < -0.3 is 4.52 Å². The maximum atomic E-state index is 13.1. The zero-order chi connectivity index (χ0) is 13.2. The van der Waals surface area contributed by atoms with Crippen LogP contribution in [0, 0.1) is 5.82 Å². The zero-order valence-electron chi connectivity index (χ0n) is 9.55. The molecular weight excluding hydrogens is 269 g/mol. The quantitative estimate of drug-likeness (QED) is 0.671. The Balaban J connectivity index is 1.97. The molecule has 0 atom stereocenters. The van der Waals surface area contributed by atoms with E-state index in [0.717, 1.165) is 0 Å². The third-order valence-electron chi connectivity index (χ3n) is 2.48. The smallest absolute Gasteiger partial charge is 0.259 e. The standard InChI is InChI=1S/C13H7ClFN3O/c14-11-5-4-9(7-16-11)13-17-12(18-19-13)8-2-1-3-10(15)6-8/h1-7H. The van der Waals surface area contributed by atoms with Crippen LogP contribution in [0.5, 0.6) is 0 Å². The molecule has 0 saturated heterocycles. The van der Waals surface area contributed by atoms with Gasteiger partial charge in [-0.05, 0) is 24.3 Å². The number of hydrogen-bond acceptors (Lipinski definition) is 4. The first-order valence-corrected chi connectivity index (χ1v) is 5.82. The molecule has 4 nitrogen and oxygen atoms in total. The molecule has 2 aromatic heterocycles. The molecule has 0 unspecified atom stereocenters. The number of benzene rings is 1. The summed E-state index contributed by atoms with van der Waals surface area (Å²) >= 11 is 5.70. The van der Waals surface area contributed by atoms with Gasteiger partial charge in [0.1, 0.15) is 11.0 Å². The molecule has 3 aromatic rings. The summed E-state index contributed by atoms with van der Waals surface area (Å²) in [6.07, 6.45) is 1.53. The van der Waals surface area contributed by atoms with Crippen LogP contribution in [-0.4, -0.2) is 15.1 Å². The normalized spacial score (nSPS) is 10.6. The summed E-state index contributed by atoms with van der Waals surface area (Å²) in [5, 5.41) is 4.20. The maximum absolute atomic E-state index is 13.1. The fourth-order valence-electron chi connectivity index (χ4n) is 1.59. The van der Waals surface area contributed by atoms with Crippen molar-refractivity contribution in [3.63, 3.8) is 0 Å². The molecule has 0 fully saturated rings. The minimum Gasteiger partial charge on any atom is -0.334 e. The third-order valence-corrected chi connectivity index (χ3v) is 2.71. The number of pyridine rings is 1. The van der Waals surface area contributed by atoms with Crippen molar-refractivity contribution in [1.82, 2.24) is 15.1 Å². The van der Waals surface area contributed by atoms with E-state index in [1.165, 1.54) is 18.3 Å². The van der Waals surface area contributed by atoms with Crippen molar-refractivity contribution in [2.24, 2.45) is 0 Å². The van der Waals surface area contributed by atoms with E-state index in [4.69, 9.17) is 16.1 Å². The van der Waals surface area contributed by atoms with E-state index in [0.29, 0.717) is 28.0 Å². The second kappa shape index (κ2) is 4.78. The van der Waals surface area contributed by atoms with E-state index < -0.39 is 0 Å². The monoisotopic (exact) mass is 275 g/mol. The first kappa shape index (κ1) is 11.8. The Labute approximate surface area is 112 Å². The molecule has 0 aliphatic carbocycles. The minimum atomic E-state index is -0.350. The van der Waals surface area contributed by atoms with Crippen molar-refractivity contribution >= 4 is 11.6 Å². The molecule has 0 saturated carbocycles. The average Bonchev–Trinajstić information content (AvgIpc) is 2.89. The van der Waals surface area contributed by atoms with Crippen LogP contribution in [0.2, 0.25) is 5.15 Å². The van der Waals surface area contributed by atoms with E-state index in [9.17, 15) is 4.39 Å². The van der Waals surface area contributed by atoms with Crippen molar-refractivity contribution < 1.29 is 8.91 Å². The predicted octanol–water partition coefficient (Wildman–Crippen LogP) is 3.59. The van der Waals surface area contributed by atoms with Crippen molar-refractivity contribution in [2.75, 3.05) is 0 Å². The van der Waals surface area contributed by atoms with E-state index in [1.54, 1.807) is 24.3 Å². The Bertz CT molecular complexity index is 712. The fourth-order valence-corrected chi connectivity index (χ4v) is 1.70. The van der Waals surface area contributed by atoms with Gasteiger partial charge in [-0.3, -0.25) is 0 Å². The first-order chi connectivity index (χ1) is 9.22. The van der Waals surface area contributed by atoms with E-state index in [1.807, 2.05) is 0 Å². The van der Waals surface area contributed by atoms with Gasteiger partial charge in [-0.1, -0.05) is 28.9 Å². The lowest BCUT2D eigenvalue weighted by molar-refractivity contribution is 0.432. The van der Waals surface area contributed by atoms with Crippen LogP contribution >= 0.6 is 11.6 Å². The summed E-state index contributed by atoms with van der Waals surface area (Å²) in [5.41, 5.74) is 1.21. The molecule has 6 heteroatoms. The minimum absolute atomic E-state index is 0.309. The van der Waals surface area contributed by atoms with Crippen molar-refractivity contribution in [3.05, 3.63) is 53.6 Å². The number of hydrogen-bond donors (Lipinski definition) is 0. The number of halogens is 2. The number of nitrogens with zero attached hydrogens (tertiary/aromatic N) is 3. The topological polar surface area (TPSA) is 51.8 Å². The fraction of sp³-hybridized carbons (Fsp3) is 0. The Morgan fingerprint density at radius 2 is 2.00 bits per heavy atom. The van der Waals surface area contributed by atoms with Crippen molar-refractivity contribution in [2.45, 2.75) is 0 Å². The molecule has 0 N–H and O–H groups in total. The van der Waals surface area contributed by atoms with Gasteiger partial charge in [0.15, 0.2) is 0 Å². The maximum Gasteiger partial charge on any atom is 0.259 e. The van der Waals surface area contributed by atoms with Crippen molar-refractivity contribution in [3.8, 4) is 22.8 Å². The summed E-state index contributed by atoms with van der Waals surface area (Å²) in [6.45, 7) is 0. The van der Waals surface area contributed by atoms with Crippen LogP contribution in [0.3, 0.4) is 0 Å². The Morgan fingerprint density at radius 3 is 2.74 bits per heavy atom. The molecule has 94 valence electrons. The van der Waals surface area contributed by atoms with Crippen LogP contribution in [0.4, 0.5) is 4.39 Å². The van der Waals surface area contributed by atoms with Gasteiger partial charge in [-0.2, -0.15) is 4.98 Å². The van der Waals surface area contributed by atoms with Crippen molar-refractivity contribution in [1.29, 1.82) is 0 Å². The second-order valence-corrected chi connectivity index (χ2v) is 4.19. The molecule has 0 radical (unpaired) electrons. The van der Waals surface area contributed by atoms with Crippen LogP contribution in [0.1, 0.15) is 0 Å². The molecule has 0 aliphatic heterocycles. The number of rotatable bonds is 2. The average molecular weight is 276 g/mol. The molecule has 3 rings (SSSR count). The van der Waals surface area contributed by atoms with Gasteiger partial charge >= 0.3 is 0 Å². The molecule has 1 aromatic carbocycles. The molecule has 0 spiro atoms. The van der Waals surface area contributed by atoms with Crippen LogP contribution in [-0.2, 0) is 0 Å². The Morgan fingerprint density at radius 1 is 1.11 bits per heavy atom. The summed E-state index contributed by atoms with van der Waals surface area (Å²) < 4.78 is 18.2. The highest BCUT2D eigenvalue weighted by Gasteiger charge is 2.11. The lowest BCUT2D eigenvalue weighted by Gasteiger charge is -1.94. The lowest BCUT2D eigenvalue weighted by Crippen LogP contribution is -1.83. The highest BCUT2D eigenvalue weighted by molar-refractivity contribution is 6.29. The van der Waals surface area contributed by atoms with Crippen LogP contribution in [0.25, 0.3) is 22.8 Å². The summed E-state index contributed by atoms with van der Waals surface area (Å²) in [7, 11) is 0. The van der Waals surface area contributed by atoms with Gasteiger partial charge in [0, 0.05) is 11.8 Å². The SMILES string of the molecule is Fc1cccc(-c2noc(-c3ccc(Cl)nc3)n2)c1. The largest absolute Gasteiger partial charge is 0.334 e. The molecule has 19 heavy (non-hydrogen) atoms. The van der Waals surface area contributed by atoms with Gasteiger partial charge in [0.05, 0.1) is 5.56 Å². The number of aromatic nitrogens is 3. The predicted molar refractivity (Wildman–Crippen MR) is 67.9 cm³/mol. The van der Waals surface area contributed by atoms with Gasteiger partial charge in [-0.15, -0.1) is 0 Å². The highest BCUT2D eigenvalue weighted by Crippen LogP contribution is 2.22. The lowest BCUT2D eigenvalue weighted by atomic mass is 10.2. The molecule has 2 heterocycles. The summed E-state index contributed by atoms with van der Waals surface area (Å²) in [6, 6.07) is 9.34. The van der Waals surface area contributed by atoms with Gasteiger partial charge in [0.2, 0.25) is 5.82 Å². The van der Waals surface area contributed by atoms with E-state index in [-0.39, 0.29) is 5.82 Å². The zero-order valence-corrected chi connectivity index (χ0v) is 10.3.